The molecule has 0 radical (unpaired) electrons. The van der Waals surface area contributed by atoms with Crippen LogP contribution in [-0.2, 0) is 4.79 Å². The van der Waals surface area contributed by atoms with Gasteiger partial charge in [0.1, 0.15) is 11.6 Å². The van der Waals surface area contributed by atoms with Crippen molar-refractivity contribution in [1.29, 1.82) is 0 Å². The van der Waals surface area contributed by atoms with Crippen LogP contribution < -0.4 is 4.74 Å². The van der Waals surface area contributed by atoms with Gasteiger partial charge in [0, 0.05) is 0 Å². The number of hydrogen-bond acceptors (Lipinski definition) is 2. The van der Waals surface area contributed by atoms with E-state index in [0.717, 1.165) is 0 Å². The molecule has 0 saturated carbocycles. The van der Waals surface area contributed by atoms with E-state index in [2.05, 4.69) is 0 Å². The summed E-state index contributed by atoms with van der Waals surface area (Å²) in [7, 11) is 0. The maximum atomic E-state index is 12.4. The number of carbonyl (C=O) groups excluding carboxylic acids is 1. The van der Waals surface area contributed by atoms with Gasteiger partial charge >= 0.3 is 5.97 Å². The van der Waals surface area contributed by atoms with Crippen molar-refractivity contribution in [3.8, 4) is 5.75 Å². The summed E-state index contributed by atoms with van der Waals surface area (Å²) in [4.78, 5) is 11.1. The fourth-order valence-electron chi connectivity index (χ4n) is 0.737. The number of carbonyl (C=O) groups is 1. The minimum absolute atomic E-state index is 0.176. The highest BCUT2D eigenvalue weighted by atomic mass is 19.1. The van der Waals surface area contributed by atoms with Crippen LogP contribution in [0, 0.1) is 11.7 Å². The van der Waals surface area contributed by atoms with E-state index in [1.807, 2.05) is 0 Å². The summed E-state index contributed by atoms with van der Waals surface area (Å²) in [5.74, 6) is -0.457. The van der Waals surface area contributed by atoms with Gasteiger partial charge < -0.3 is 4.74 Å². The molecular formula is C10H11FO2. The van der Waals surface area contributed by atoms with Crippen LogP contribution >= 0.6 is 0 Å². The molecule has 0 N–H and O–H groups in total. The summed E-state index contributed by atoms with van der Waals surface area (Å²) in [6.07, 6.45) is 0. The van der Waals surface area contributed by atoms with E-state index in [4.69, 9.17) is 4.74 Å². The zero-order valence-electron chi connectivity index (χ0n) is 7.58. The zero-order valence-corrected chi connectivity index (χ0v) is 7.58. The number of halogens is 1. The van der Waals surface area contributed by atoms with Crippen LogP contribution in [0.15, 0.2) is 24.3 Å². The van der Waals surface area contributed by atoms with Gasteiger partial charge in [-0.15, -0.1) is 0 Å². The van der Waals surface area contributed by atoms with Crippen LogP contribution in [0.3, 0.4) is 0 Å². The molecule has 3 heteroatoms. The van der Waals surface area contributed by atoms with Gasteiger partial charge in [0.05, 0.1) is 5.92 Å². The molecular weight excluding hydrogens is 171 g/mol. The lowest BCUT2D eigenvalue weighted by atomic mass is 10.2. The van der Waals surface area contributed by atoms with Gasteiger partial charge in [0.15, 0.2) is 0 Å². The first kappa shape index (κ1) is 9.71. The number of benzene rings is 1. The average molecular weight is 182 g/mol. The van der Waals surface area contributed by atoms with Crippen LogP contribution in [0.25, 0.3) is 0 Å². The topological polar surface area (TPSA) is 26.3 Å². The first-order chi connectivity index (χ1) is 6.09. The van der Waals surface area contributed by atoms with Crippen LogP contribution in [-0.4, -0.2) is 5.97 Å². The molecule has 0 aliphatic carbocycles. The Balaban J connectivity index is 2.65. The third kappa shape index (κ3) is 2.86. The molecule has 70 valence electrons. The van der Waals surface area contributed by atoms with Gasteiger partial charge in [0.25, 0.3) is 0 Å². The van der Waals surface area contributed by atoms with Crippen LogP contribution in [0.2, 0.25) is 0 Å². The van der Waals surface area contributed by atoms with E-state index in [1.165, 1.54) is 24.3 Å². The third-order valence-electron chi connectivity index (χ3n) is 1.50. The Kier molecular flexibility index (Phi) is 3.01. The molecule has 2 nitrogen and oxygen atoms in total. The van der Waals surface area contributed by atoms with Gasteiger partial charge in [-0.25, -0.2) is 4.39 Å². The summed E-state index contributed by atoms with van der Waals surface area (Å²) in [6, 6.07) is 5.36. The summed E-state index contributed by atoms with van der Waals surface area (Å²) >= 11 is 0. The highest BCUT2D eigenvalue weighted by molar-refractivity contribution is 5.74. The summed E-state index contributed by atoms with van der Waals surface area (Å²) in [5, 5.41) is 0. The highest BCUT2D eigenvalue weighted by Crippen LogP contribution is 2.12. The molecule has 0 unspecified atom stereocenters. The Hall–Kier alpha value is -1.38. The molecule has 0 fully saturated rings. The second-order valence-electron chi connectivity index (χ2n) is 3.03. The summed E-state index contributed by atoms with van der Waals surface area (Å²) in [6.45, 7) is 3.48. The Labute approximate surface area is 76.3 Å². The van der Waals surface area contributed by atoms with Crippen molar-refractivity contribution in [2.45, 2.75) is 13.8 Å². The van der Waals surface area contributed by atoms with Crippen molar-refractivity contribution in [3.05, 3.63) is 30.1 Å². The number of rotatable bonds is 2. The standard InChI is InChI=1S/C10H11FO2/c1-7(2)10(12)13-9-5-3-8(11)4-6-9/h3-7H,1-2H3. The first-order valence-corrected chi connectivity index (χ1v) is 4.07. The maximum absolute atomic E-state index is 12.4. The van der Waals surface area contributed by atoms with Crippen molar-refractivity contribution >= 4 is 5.97 Å². The Morgan fingerprint density at radius 2 is 1.85 bits per heavy atom. The molecule has 0 aliphatic heterocycles. The van der Waals surface area contributed by atoms with Crippen molar-refractivity contribution in [3.63, 3.8) is 0 Å². The number of esters is 1. The lowest BCUT2D eigenvalue weighted by molar-refractivity contribution is -0.137. The second-order valence-corrected chi connectivity index (χ2v) is 3.03. The monoisotopic (exact) mass is 182 g/mol. The molecule has 0 aromatic heterocycles. The van der Waals surface area contributed by atoms with Crippen molar-refractivity contribution in [2.75, 3.05) is 0 Å². The molecule has 1 aromatic carbocycles. The third-order valence-corrected chi connectivity index (χ3v) is 1.50. The molecule has 1 aromatic rings. The van der Waals surface area contributed by atoms with Crippen molar-refractivity contribution < 1.29 is 13.9 Å². The van der Waals surface area contributed by atoms with Crippen LogP contribution in [0.4, 0.5) is 4.39 Å². The first-order valence-electron chi connectivity index (χ1n) is 4.07. The summed E-state index contributed by atoms with van der Waals surface area (Å²) < 4.78 is 17.4. The van der Waals surface area contributed by atoms with Gasteiger partial charge in [-0.3, -0.25) is 4.79 Å². The summed E-state index contributed by atoms with van der Waals surface area (Å²) in [5.41, 5.74) is 0. The molecule has 0 amide bonds. The van der Waals surface area contributed by atoms with Crippen molar-refractivity contribution in [1.82, 2.24) is 0 Å². The molecule has 0 aliphatic rings. The smallest absolute Gasteiger partial charge is 0.313 e. The minimum atomic E-state index is -0.343. The highest BCUT2D eigenvalue weighted by Gasteiger charge is 2.08. The Bertz CT molecular complexity index is 290. The van der Waals surface area contributed by atoms with Crippen LogP contribution in [0.1, 0.15) is 13.8 Å². The zero-order chi connectivity index (χ0) is 9.84. The Morgan fingerprint density at radius 3 is 2.31 bits per heavy atom. The molecule has 13 heavy (non-hydrogen) atoms. The van der Waals surface area contributed by atoms with Gasteiger partial charge in [0.2, 0.25) is 0 Å². The molecule has 0 spiro atoms. The van der Waals surface area contributed by atoms with Gasteiger partial charge in [-0.2, -0.15) is 0 Å². The van der Waals surface area contributed by atoms with E-state index in [1.54, 1.807) is 13.8 Å². The number of ether oxygens (including phenoxy) is 1. The molecule has 0 atom stereocenters. The molecule has 0 saturated heterocycles. The fraction of sp³-hybridized carbons (Fsp3) is 0.300. The SMILES string of the molecule is CC(C)C(=O)Oc1ccc(F)cc1. The lowest BCUT2D eigenvalue weighted by Crippen LogP contribution is -2.14. The predicted octanol–water partition coefficient (Wildman–Crippen LogP) is 2.39. The van der Waals surface area contributed by atoms with E-state index < -0.39 is 0 Å². The normalized spacial score (nSPS) is 10.2. The average Bonchev–Trinajstić information content (AvgIpc) is 2.08. The second kappa shape index (κ2) is 4.03. The van der Waals surface area contributed by atoms with E-state index in [0.29, 0.717) is 5.75 Å². The van der Waals surface area contributed by atoms with E-state index in [9.17, 15) is 9.18 Å². The largest absolute Gasteiger partial charge is 0.426 e. The molecule has 0 bridgehead atoms. The number of hydrogen-bond donors (Lipinski definition) is 0. The molecule has 0 heterocycles. The maximum Gasteiger partial charge on any atom is 0.313 e. The van der Waals surface area contributed by atoms with Crippen LogP contribution in [0.5, 0.6) is 5.75 Å². The van der Waals surface area contributed by atoms with Gasteiger partial charge in [-0.05, 0) is 24.3 Å². The lowest BCUT2D eigenvalue weighted by Gasteiger charge is -2.05. The van der Waals surface area contributed by atoms with Gasteiger partial charge in [-0.1, -0.05) is 13.8 Å². The van der Waals surface area contributed by atoms with E-state index in [-0.39, 0.29) is 17.7 Å². The fourth-order valence-corrected chi connectivity index (χ4v) is 0.737. The van der Waals surface area contributed by atoms with E-state index >= 15 is 0 Å². The minimum Gasteiger partial charge on any atom is -0.426 e. The predicted molar refractivity (Wildman–Crippen MR) is 46.9 cm³/mol. The van der Waals surface area contributed by atoms with Crippen molar-refractivity contribution in [2.24, 2.45) is 5.92 Å². The molecule has 1 rings (SSSR count). The Morgan fingerprint density at radius 1 is 1.31 bits per heavy atom. The quantitative estimate of drug-likeness (QED) is 0.518.